The molecule has 0 aromatic heterocycles. The average molecular weight is 536 g/mol. The number of rotatable bonds is 10. The Labute approximate surface area is 201 Å². The Hall–Kier alpha value is 0.0600. The molecule has 10 atom stereocenters. The first-order valence-electron chi connectivity index (χ1n) is 11.8. The molecular formula is C20H42O12P2. The Morgan fingerprint density at radius 3 is 1.74 bits per heavy atom. The number of hydrogen-bond acceptors (Lipinski definition) is 10. The molecule has 2 aliphatic heterocycles. The quantitative estimate of drug-likeness (QED) is 0.224. The van der Waals surface area contributed by atoms with Gasteiger partial charge in [0.1, 0.15) is 0 Å². The van der Waals surface area contributed by atoms with Crippen molar-refractivity contribution in [2.24, 2.45) is 0 Å². The SMILES string of the molecule is CCC(O)CC(O)CC(O)CC(C)O.CCC1CC(CC2CC(C)OP(=O)(O)O2)OP(=O)(O)O1. The van der Waals surface area contributed by atoms with Gasteiger partial charge in [-0.25, -0.2) is 9.13 Å². The lowest BCUT2D eigenvalue weighted by Gasteiger charge is -2.35. The van der Waals surface area contributed by atoms with Crippen LogP contribution in [0.15, 0.2) is 0 Å². The Morgan fingerprint density at radius 2 is 1.24 bits per heavy atom. The van der Waals surface area contributed by atoms with Crippen LogP contribution < -0.4 is 0 Å². The first kappa shape index (κ1) is 32.1. The number of phosphoric acid groups is 2. The molecule has 2 fully saturated rings. The van der Waals surface area contributed by atoms with Gasteiger partial charge < -0.3 is 30.2 Å². The van der Waals surface area contributed by atoms with Crippen molar-refractivity contribution in [3.8, 4) is 0 Å². The fraction of sp³-hybridized carbons (Fsp3) is 1.00. The predicted molar refractivity (Wildman–Crippen MR) is 123 cm³/mol. The van der Waals surface area contributed by atoms with Crippen molar-refractivity contribution in [2.75, 3.05) is 0 Å². The zero-order chi connectivity index (χ0) is 26.1. The van der Waals surface area contributed by atoms with Gasteiger partial charge in [-0.3, -0.25) is 18.1 Å². The zero-order valence-electron chi connectivity index (χ0n) is 20.3. The van der Waals surface area contributed by atoms with Crippen LogP contribution in [0.3, 0.4) is 0 Å². The third-order valence-corrected chi connectivity index (χ3v) is 7.75. The van der Waals surface area contributed by atoms with Gasteiger partial charge in [0.25, 0.3) is 0 Å². The van der Waals surface area contributed by atoms with Gasteiger partial charge >= 0.3 is 15.6 Å². The second-order valence-corrected chi connectivity index (χ2v) is 11.8. The zero-order valence-corrected chi connectivity index (χ0v) is 22.1. The third kappa shape index (κ3) is 13.4. The maximum absolute atomic E-state index is 11.6. The van der Waals surface area contributed by atoms with Gasteiger partial charge in [0.05, 0.1) is 48.8 Å². The fourth-order valence-corrected chi connectivity index (χ4v) is 6.22. The van der Waals surface area contributed by atoms with Crippen LogP contribution in [-0.2, 0) is 27.2 Å². The highest BCUT2D eigenvalue weighted by molar-refractivity contribution is 7.47. The largest absolute Gasteiger partial charge is 0.472 e. The number of phosphoric ester groups is 2. The second kappa shape index (κ2) is 14.7. The molecule has 2 saturated heterocycles. The van der Waals surface area contributed by atoms with Crippen molar-refractivity contribution in [1.82, 2.24) is 0 Å². The third-order valence-electron chi connectivity index (χ3n) is 5.43. The van der Waals surface area contributed by atoms with Gasteiger partial charge in [0.15, 0.2) is 0 Å². The summed E-state index contributed by atoms with van der Waals surface area (Å²) in [6, 6.07) is 0. The van der Waals surface area contributed by atoms with Crippen molar-refractivity contribution >= 4 is 15.6 Å². The van der Waals surface area contributed by atoms with Gasteiger partial charge in [-0.15, -0.1) is 0 Å². The minimum absolute atomic E-state index is 0.210. The van der Waals surface area contributed by atoms with E-state index in [1.807, 2.05) is 13.8 Å². The van der Waals surface area contributed by atoms with Crippen molar-refractivity contribution < 1.29 is 57.4 Å². The predicted octanol–water partition coefficient (Wildman–Crippen LogP) is 2.39. The maximum Gasteiger partial charge on any atom is 0.472 e. The van der Waals surface area contributed by atoms with Crippen LogP contribution in [0.5, 0.6) is 0 Å². The van der Waals surface area contributed by atoms with E-state index in [0.29, 0.717) is 25.7 Å². The molecule has 12 nitrogen and oxygen atoms in total. The molecule has 0 aromatic rings. The molecule has 0 aliphatic carbocycles. The lowest BCUT2D eigenvalue weighted by molar-refractivity contribution is -0.0401. The summed E-state index contributed by atoms with van der Waals surface area (Å²) in [6.45, 7) is 6.96. The highest BCUT2D eigenvalue weighted by Gasteiger charge is 2.41. The van der Waals surface area contributed by atoms with Gasteiger partial charge in [-0.05, 0) is 46.0 Å². The topological polar surface area (TPSA) is 192 Å². The molecule has 0 radical (unpaired) electrons. The van der Waals surface area contributed by atoms with Crippen LogP contribution >= 0.6 is 15.6 Å². The Kier molecular flexibility index (Phi) is 13.9. The summed E-state index contributed by atoms with van der Waals surface area (Å²) in [5.74, 6) is 0. The molecule has 6 N–H and O–H groups in total. The number of aliphatic hydroxyl groups excluding tert-OH is 4. The van der Waals surface area contributed by atoms with Gasteiger partial charge in [-0.2, -0.15) is 0 Å². The molecule has 2 aliphatic rings. The van der Waals surface area contributed by atoms with Gasteiger partial charge in [0, 0.05) is 19.3 Å². The summed E-state index contributed by atoms with van der Waals surface area (Å²) in [5.41, 5.74) is 0. The lowest BCUT2D eigenvalue weighted by atomic mass is 10.0. The van der Waals surface area contributed by atoms with Crippen LogP contribution in [0.1, 0.15) is 79.1 Å². The van der Waals surface area contributed by atoms with E-state index in [9.17, 15) is 34.2 Å². The summed E-state index contributed by atoms with van der Waals surface area (Å²) in [5, 5.41) is 37.0. The standard InChI is InChI=1S/C10H20O8P2.C10H22O4/c1-3-8-5-10(18-20(13,14)16-8)6-9-4-7(2)15-19(11,12)17-9;1-3-8(12)5-10(14)6-9(13)4-7(2)11/h7-10H,3-6H2,1-2H3,(H,11,12)(H,13,14);7-14H,3-6H2,1-2H3. The van der Waals surface area contributed by atoms with Gasteiger partial charge in [-0.1, -0.05) is 13.8 Å². The smallest absolute Gasteiger partial charge is 0.393 e. The van der Waals surface area contributed by atoms with Crippen molar-refractivity contribution in [3.63, 3.8) is 0 Å². The van der Waals surface area contributed by atoms with Crippen molar-refractivity contribution in [1.29, 1.82) is 0 Å². The second-order valence-electron chi connectivity index (χ2n) is 9.08. The maximum atomic E-state index is 11.6. The van der Waals surface area contributed by atoms with Crippen LogP contribution in [0.4, 0.5) is 0 Å². The van der Waals surface area contributed by atoms with E-state index in [1.54, 1.807) is 13.8 Å². The molecule has 0 saturated carbocycles. The van der Waals surface area contributed by atoms with E-state index in [2.05, 4.69) is 0 Å². The molecule has 34 heavy (non-hydrogen) atoms. The molecular weight excluding hydrogens is 494 g/mol. The van der Waals surface area contributed by atoms with E-state index in [0.717, 1.165) is 0 Å². The minimum Gasteiger partial charge on any atom is -0.393 e. The molecule has 10 unspecified atom stereocenters. The molecule has 14 heteroatoms. The number of hydrogen-bond donors (Lipinski definition) is 6. The van der Waals surface area contributed by atoms with Crippen LogP contribution in [-0.4, -0.2) is 79.0 Å². The molecule has 0 aromatic carbocycles. The highest BCUT2D eigenvalue weighted by atomic mass is 31.2. The summed E-state index contributed by atoms with van der Waals surface area (Å²) in [4.78, 5) is 18.9. The Morgan fingerprint density at radius 1 is 0.765 bits per heavy atom. The van der Waals surface area contributed by atoms with E-state index < -0.39 is 58.4 Å². The number of aliphatic hydroxyl groups is 4. The average Bonchev–Trinajstić information content (AvgIpc) is 2.64. The van der Waals surface area contributed by atoms with Gasteiger partial charge in [0.2, 0.25) is 0 Å². The first-order valence-corrected chi connectivity index (χ1v) is 14.7. The molecule has 2 heterocycles. The lowest BCUT2D eigenvalue weighted by Crippen LogP contribution is -2.34. The normalized spacial score (nSPS) is 37.7. The monoisotopic (exact) mass is 536 g/mol. The molecule has 2 rings (SSSR count). The van der Waals surface area contributed by atoms with Crippen LogP contribution in [0.2, 0.25) is 0 Å². The Bertz CT molecular complexity index is 678. The first-order chi connectivity index (χ1) is 15.6. The summed E-state index contributed by atoms with van der Waals surface area (Å²) in [6.07, 6.45) is -1.24. The van der Waals surface area contributed by atoms with E-state index >= 15 is 0 Å². The summed E-state index contributed by atoms with van der Waals surface area (Å²) in [7, 11) is -8.09. The molecule has 204 valence electrons. The fourth-order valence-electron chi connectivity index (χ4n) is 3.87. The van der Waals surface area contributed by atoms with Crippen LogP contribution in [0.25, 0.3) is 0 Å². The highest BCUT2D eigenvalue weighted by Crippen LogP contribution is 2.54. The van der Waals surface area contributed by atoms with E-state index in [1.165, 1.54) is 0 Å². The van der Waals surface area contributed by atoms with Crippen molar-refractivity contribution in [2.45, 2.75) is 128 Å². The molecule has 0 amide bonds. The van der Waals surface area contributed by atoms with E-state index in [4.69, 9.17) is 23.2 Å². The van der Waals surface area contributed by atoms with Crippen molar-refractivity contribution in [3.05, 3.63) is 0 Å². The minimum atomic E-state index is -4.05. The summed E-state index contributed by atoms with van der Waals surface area (Å²) < 4.78 is 42.8. The summed E-state index contributed by atoms with van der Waals surface area (Å²) >= 11 is 0. The Balaban J connectivity index is 0.000000365. The molecule has 0 spiro atoms. The molecule has 0 bridgehead atoms. The van der Waals surface area contributed by atoms with Crippen LogP contribution in [0, 0.1) is 0 Å². The van der Waals surface area contributed by atoms with E-state index in [-0.39, 0.29) is 31.8 Å².